The van der Waals surface area contributed by atoms with Crippen molar-refractivity contribution >= 4 is 5.78 Å². The lowest BCUT2D eigenvalue weighted by Crippen LogP contribution is -2.17. The summed E-state index contributed by atoms with van der Waals surface area (Å²) in [5.74, 6) is 0.129. The molecule has 120 valence electrons. The maximum atomic E-state index is 11.0. The van der Waals surface area contributed by atoms with E-state index in [1.165, 1.54) is 70.6 Å². The zero-order valence-electron chi connectivity index (χ0n) is 14.1. The number of rotatable bonds is 15. The molecule has 0 saturated carbocycles. The maximum absolute atomic E-state index is 11.0. The summed E-state index contributed by atoms with van der Waals surface area (Å²) in [5, 5.41) is 0. The Bertz CT molecular complexity index is 213. The molecule has 0 N–H and O–H groups in total. The van der Waals surface area contributed by atoms with Crippen LogP contribution >= 0.6 is 0 Å². The fourth-order valence-corrected chi connectivity index (χ4v) is 2.32. The number of unbranched alkanes of at least 4 members (excludes halogenated alkanes) is 11. The second kappa shape index (κ2) is 15.0. The van der Waals surface area contributed by atoms with E-state index in [4.69, 9.17) is 4.74 Å². The van der Waals surface area contributed by atoms with Crippen LogP contribution in [0.25, 0.3) is 0 Å². The number of carbonyl (C=O) groups excluding carboxylic acids is 1. The average Bonchev–Trinajstić information content (AvgIpc) is 2.43. The topological polar surface area (TPSA) is 26.3 Å². The van der Waals surface area contributed by atoms with Gasteiger partial charge in [-0.1, -0.05) is 77.6 Å². The third kappa shape index (κ3) is 14.0. The van der Waals surface area contributed by atoms with Crippen molar-refractivity contribution in [2.75, 3.05) is 6.61 Å². The molecule has 0 rings (SSSR count). The van der Waals surface area contributed by atoms with E-state index >= 15 is 0 Å². The fourth-order valence-electron chi connectivity index (χ4n) is 2.32. The van der Waals surface area contributed by atoms with Crippen LogP contribution in [0, 0.1) is 0 Å². The number of Topliss-reactive ketones (excluding diaryl/α,β-unsaturated/α-hetero) is 1. The van der Waals surface area contributed by atoms with Crippen molar-refractivity contribution in [3.05, 3.63) is 0 Å². The highest BCUT2D eigenvalue weighted by atomic mass is 16.5. The lowest BCUT2D eigenvalue weighted by Gasteiger charge is -2.09. The summed E-state index contributed by atoms with van der Waals surface area (Å²) in [7, 11) is 0. The van der Waals surface area contributed by atoms with E-state index in [2.05, 4.69) is 6.92 Å². The van der Waals surface area contributed by atoms with E-state index in [-0.39, 0.29) is 11.9 Å². The monoisotopic (exact) mass is 284 g/mol. The number of carbonyl (C=O) groups is 1. The molecule has 0 amide bonds. The molecule has 2 heteroatoms. The Balaban J connectivity index is 3.04. The van der Waals surface area contributed by atoms with Crippen LogP contribution in [-0.4, -0.2) is 18.5 Å². The Labute approximate surface area is 126 Å². The molecule has 0 saturated heterocycles. The number of ether oxygens (including phenoxy) is 1. The summed E-state index contributed by atoms with van der Waals surface area (Å²) in [6, 6.07) is 0. The highest BCUT2D eigenvalue weighted by molar-refractivity contribution is 5.79. The van der Waals surface area contributed by atoms with Crippen molar-refractivity contribution in [3.63, 3.8) is 0 Å². The summed E-state index contributed by atoms with van der Waals surface area (Å²) < 4.78 is 5.45. The Kier molecular flexibility index (Phi) is 14.7. The molecule has 0 radical (unpaired) electrons. The molecule has 1 atom stereocenters. The Morgan fingerprint density at radius 1 is 0.800 bits per heavy atom. The van der Waals surface area contributed by atoms with E-state index in [0.717, 1.165) is 13.0 Å². The molecular formula is C18H36O2. The summed E-state index contributed by atoms with van der Waals surface area (Å²) in [6.07, 6.45) is 16.0. The first-order chi connectivity index (χ1) is 9.68. The first-order valence-electron chi connectivity index (χ1n) is 8.80. The molecule has 0 heterocycles. The van der Waals surface area contributed by atoms with Crippen molar-refractivity contribution < 1.29 is 9.53 Å². The van der Waals surface area contributed by atoms with E-state index in [1.807, 2.05) is 6.92 Å². The smallest absolute Gasteiger partial charge is 0.158 e. The van der Waals surface area contributed by atoms with Gasteiger partial charge in [0.1, 0.15) is 6.10 Å². The standard InChI is InChI=1S/C18H36O2/c1-4-5-6-7-8-9-10-11-12-13-14-15-16-20-18(3)17(2)19/h18H,4-16H2,1-3H3. The highest BCUT2D eigenvalue weighted by Gasteiger charge is 2.06. The zero-order valence-corrected chi connectivity index (χ0v) is 14.1. The molecule has 0 bridgehead atoms. The molecule has 0 aromatic carbocycles. The van der Waals surface area contributed by atoms with Gasteiger partial charge in [0.25, 0.3) is 0 Å². The van der Waals surface area contributed by atoms with Gasteiger partial charge in [-0.2, -0.15) is 0 Å². The second-order valence-corrected chi connectivity index (χ2v) is 6.01. The quantitative estimate of drug-likeness (QED) is 0.361. The molecule has 0 aromatic rings. The van der Waals surface area contributed by atoms with Crippen LogP contribution in [0.4, 0.5) is 0 Å². The molecule has 0 spiro atoms. The zero-order chi connectivity index (χ0) is 15.1. The SMILES string of the molecule is CCCCCCCCCCCCCCOC(C)C(C)=O. The van der Waals surface area contributed by atoms with Gasteiger partial charge >= 0.3 is 0 Å². The molecule has 20 heavy (non-hydrogen) atoms. The predicted octanol–water partition coefficient (Wildman–Crippen LogP) is 5.68. The van der Waals surface area contributed by atoms with Gasteiger partial charge in [0.2, 0.25) is 0 Å². The normalized spacial score (nSPS) is 12.6. The van der Waals surface area contributed by atoms with Gasteiger partial charge in [0.05, 0.1) is 0 Å². The van der Waals surface area contributed by atoms with Gasteiger partial charge < -0.3 is 4.74 Å². The Morgan fingerprint density at radius 3 is 1.60 bits per heavy atom. The third-order valence-electron chi connectivity index (χ3n) is 3.94. The summed E-state index contributed by atoms with van der Waals surface area (Å²) in [4.78, 5) is 11.0. The minimum Gasteiger partial charge on any atom is -0.371 e. The van der Waals surface area contributed by atoms with Crippen LogP contribution in [0.15, 0.2) is 0 Å². The molecule has 1 unspecified atom stereocenters. The molecule has 2 nitrogen and oxygen atoms in total. The van der Waals surface area contributed by atoms with Crippen LogP contribution < -0.4 is 0 Å². The van der Waals surface area contributed by atoms with E-state index in [0.29, 0.717) is 0 Å². The average molecular weight is 284 g/mol. The predicted molar refractivity (Wildman–Crippen MR) is 87.2 cm³/mol. The lowest BCUT2D eigenvalue weighted by atomic mass is 10.1. The fraction of sp³-hybridized carbons (Fsp3) is 0.944. The van der Waals surface area contributed by atoms with Gasteiger partial charge in [0, 0.05) is 6.61 Å². The van der Waals surface area contributed by atoms with Gasteiger partial charge in [-0.05, 0) is 20.3 Å². The van der Waals surface area contributed by atoms with Crippen molar-refractivity contribution in [1.29, 1.82) is 0 Å². The molecule has 0 fully saturated rings. The van der Waals surface area contributed by atoms with Crippen molar-refractivity contribution in [2.24, 2.45) is 0 Å². The molecule has 0 aliphatic heterocycles. The van der Waals surface area contributed by atoms with Gasteiger partial charge in [0.15, 0.2) is 5.78 Å². The second-order valence-electron chi connectivity index (χ2n) is 6.01. The maximum Gasteiger partial charge on any atom is 0.158 e. The van der Waals surface area contributed by atoms with Crippen LogP contribution in [0.3, 0.4) is 0 Å². The van der Waals surface area contributed by atoms with Crippen LogP contribution in [0.1, 0.15) is 97.8 Å². The number of hydrogen-bond acceptors (Lipinski definition) is 2. The van der Waals surface area contributed by atoms with Gasteiger partial charge in [-0.25, -0.2) is 0 Å². The Hall–Kier alpha value is -0.370. The van der Waals surface area contributed by atoms with E-state index < -0.39 is 0 Å². The Morgan fingerprint density at radius 2 is 1.20 bits per heavy atom. The summed E-state index contributed by atoms with van der Waals surface area (Å²) in [5.41, 5.74) is 0. The molecule has 0 aliphatic carbocycles. The van der Waals surface area contributed by atoms with Crippen LogP contribution in [0.5, 0.6) is 0 Å². The molecule has 0 aromatic heterocycles. The van der Waals surface area contributed by atoms with E-state index in [1.54, 1.807) is 6.92 Å². The highest BCUT2D eigenvalue weighted by Crippen LogP contribution is 2.12. The van der Waals surface area contributed by atoms with Crippen molar-refractivity contribution in [1.82, 2.24) is 0 Å². The minimum absolute atomic E-state index is 0.129. The lowest BCUT2D eigenvalue weighted by molar-refractivity contribution is -0.127. The number of hydrogen-bond donors (Lipinski definition) is 0. The van der Waals surface area contributed by atoms with Gasteiger partial charge in [-0.15, -0.1) is 0 Å². The van der Waals surface area contributed by atoms with Gasteiger partial charge in [-0.3, -0.25) is 4.79 Å². The summed E-state index contributed by atoms with van der Waals surface area (Å²) >= 11 is 0. The number of ketones is 1. The molecular weight excluding hydrogens is 248 g/mol. The largest absolute Gasteiger partial charge is 0.371 e. The molecule has 0 aliphatic rings. The van der Waals surface area contributed by atoms with Crippen molar-refractivity contribution in [2.45, 2.75) is 104 Å². The van der Waals surface area contributed by atoms with E-state index in [9.17, 15) is 4.79 Å². The third-order valence-corrected chi connectivity index (χ3v) is 3.94. The minimum atomic E-state index is -0.220. The van der Waals surface area contributed by atoms with Crippen LogP contribution in [0.2, 0.25) is 0 Å². The van der Waals surface area contributed by atoms with Crippen LogP contribution in [-0.2, 0) is 9.53 Å². The summed E-state index contributed by atoms with van der Waals surface area (Å²) in [6.45, 7) is 6.43. The first kappa shape index (κ1) is 19.6. The first-order valence-corrected chi connectivity index (χ1v) is 8.80. The van der Waals surface area contributed by atoms with Crippen molar-refractivity contribution in [3.8, 4) is 0 Å².